The first-order chi connectivity index (χ1) is 63.1. The van der Waals surface area contributed by atoms with Gasteiger partial charge in [0, 0.05) is 30.1 Å². The van der Waals surface area contributed by atoms with Crippen molar-refractivity contribution in [3.8, 4) is 0 Å². The summed E-state index contributed by atoms with van der Waals surface area (Å²) in [6.07, 6.45) is 41.9. The van der Waals surface area contributed by atoms with Crippen molar-refractivity contribution in [2.75, 3.05) is 59.5 Å². The Hall–Kier alpha value is -4.03. The Labute approximate surface area is 815 Å². The molecule has 17 aliphatic rings. The molecule has 0 radical (unpaired) electrons. The molecule has 10 bridgehead atoms. The van der Waals surface area contributed by atoms with Crippen LogP contribution in [0.25, 0.3) is 0 Å². The van der Waals surface area contributed by atoms with E-state index in [1.54, 1.807) is 27.7 Å². The number of carbonyl (C=O) groups excluding carboxylic acids is 6. The number of hydrogen-bond acceptors (Lipinski definition) is 21. The second kappa shape index (κ2) is 54.4. The number of carbonyl (C=O) groups is 7. The predicted molar refractivity (Wildman–Crippen MR) is 529 cm³/mol. The van der Waals surface area contributed by atoms with Gasteiger partial charge in [0.15, 0.2) is 25.2 Å². The van der Waals surface area contributed by atoms with Crippen molar-refractivity contribution in [2.24, 2.45) is 121 Å². The van der Waals surface area contributed by atoms with E-state index in [-0.39, 0.29) is 99.1 Å². The quantitative estimate of drug-likeness (QED) is 0.0538. The monoisotopic (exact) mass is 1900 g/mol. The van der Waals surface area contributed by atoms with Gasteiger partial charge in [-0.2, -0.15) is 0 Å². The van der Waals surface area contributed by atoms with E-state index in [1.807, 2.05) is 69.2 Å². The van der Waals surface area contributed by atoms with Gasteiger partial charge in [0.1, 0.15) is 22.4 Å². The van der Waals surface area contributed by atoms with Crippen molar-refractivity contribution in [1.29, 1.82) is 0 Å². The highest BCUT2D eigenvalue weighted by atomic mass is 16.7. The largest absolute Gasteiger partial charge is 0.481 e. The predicted octanol–water partition coefficient (Wildman–Crippen LogP) is 26.3. The van der Waals surface area contributed by atoms with Crippen molar-refractivity contribution in [3.63, 3.8) is 0 Å². The van der Waals surface area contributed by atoms with Crippen LogP contribution in [-0.4, -0.2) is 160 Å². The molecule has 0 aromatic heterocycles. The van der Waals surface area contributed by atoms with E-state index in [1.165, 1.54) is 128 Å². The standard InChI is InChI=1S/2C18H30O2.C17H30O2.C15H26O2.C10H16O4.4C7H14O2.C6H12O2/c2*1-5-17(3,4)16(19)20-18(6-2)14-8-12-7-13(10-14)11-15(18)9-12;1-4-16(2,3)15(18)19-17(12-8-9-13-17)14-10-6-5-7-11-14;1-5-14(3,4)13(16)17-15(6-2)10-11-7-8-12(15)9-11;1-4-10(2,3)9(12)14-7-5-6-13-8(7)11;4*1-3-6(2)7-8-4-5-9-7;1-4-6(2,3)5(7)8/h2*12-15H,5-11H2,1-4H3;14H,4-13H2,1-3H3;11-12H,5-10H2,1-4H3;7H,4-6H2,1-3H3;4*6-7H,3-5H2,1-2H3;4H2,1-3H3,(H,7,8). The summed E-state index contributed by atoms with van der Waals surface area (Å²) in [5, 5.41) is 8.44. The van der Waals surface area contributed by atoms with Gasteiger partial charge in [0.05, 0.1) is 92.0 Å². The molecule has 0 aromatic rings. The van der Waals surface area contributed by atoms with Crippen LogP contribution in [0.2, 0.25) is 0 Å². The molecule has 0 amide bonds. The molecule has 5 saturated heterocycles. The summed E-state index contributed by atoms with van der Waals surface area (Å²) in [5.74, 6) is 9.17. The molecule has 0 spiro atoms. The third-order valence-electron chi connectivity index (χ3n) is 35.4. The van der Waals surface area contributed by atoms with Gasteiger partial charge < -0.3 is 71.4 Å². The molecule has 0 aromatic carbocycles. The molecule has 1 N–H and O–H groups in total. The number of esters is 6. The summed E-state index contributed by atoms with van der Waals surface area (Å²) in [7, 11) is 0. The Balaban J connectivity index is 0.000000233. The van der Waals surface area contributed by atoms with E-state index < -0.39 is 28.9 Å². The average Bonchev–Trinajstić information content (AvgIpc) is 0.944. The van der Waals surface area contributed by atoms with E-state index in [0.29, 0.717) is 85.0 Å². The number of carboxylic acid groups (broad SMARTS) is 1. The van der Waals surface area contributed by atoms with E-state index in [0.717, 1.165) is 172 Å². The zero-order chi connectivity index (χ0) is 100. The molecule has 780 valence electrons. The van der Waals surface area contributed by atoms with Crippen LogP contribution in [0.15, 0.2) is 0 Å². The Bertz CT molecular complexity index is 3230. The maximum absolute atomic E-state index is 12.6. The maximum atomic E-state index is 12.6. The Morgan fingerprint density at radius 1 is 0.328 bits per heavy atom. The molecule has 134 heavy (non-hydrogen) atoms. The van der Waals surface area contributed by atoms with Crippen molar-refractivity contribution in [3.05, 3.63) is 0 Å². The number of aliphatic carboxylic acids is 1. The highest BCUT2D eigenvalue weighted by Crippen LogP contribution is 2.63. The van der Waals surface area contributed by atoms with Gasteiger partial charge in [-0.3, -0.25) is 28.8 Å². The summed E-state index contributed by atoms with van der Waals surface area (Å²) >= 11 is 0. The van der Waals surface area contributed by atoms with E-state index in [9.17, 15) is 33.6 Å². The molecule has 17 rings (SSSR count). The lowest BCUT2D eigenvalue weighted by Gasteiger charge is -2.60. The first-order valence-electron chi connectivity index (χ1n) is 54.6. The van der Waals surface area contributed by atoms with Crippen molar-refractivity contribution in [2.45, 2.75) is 492 Å². The average molecular weight is 1900 g/mol. The lowest BCUT2D eigenvalue weighted by molar-refractivity contribution is -0.218. The van der Waals surface area contributed by atoms with Crippen LogP contribution in [0.5, 0.6) is 0 Å². The summed E-state index contributed by atoms with van der Waals surface area (Å²) < 4.78 is 76.7. The van der Waals surface area contributed by atoms with Gasteiger partial charge in [-0.25, -0.2) is 4.79 Å². The Morgan fingerprint density at radius 2 is 0.627 bits per heavy atom. The van der Waals surface area contributed by atoms with Crippen LogP contribution in [0, 0.1) is 121 Å². The normalized spacial score (nSPS) is 30.4. The summed E-state index contributed by atoms with van der Waals surface area (Å²) in [6.45, 7) is 65.6. The van der Waals surface area contributed by atoms with Crippen LogP contribution in [0.4, 0.5) is 0 Å². The zero-order valence-corrected chi connectivity index (χ0v) is 90.6. The fraction of sp³-hybridized carbons (Fsp3) is 0.938. The van der Waals surface area contributed by atoms with Gasteiger partial charge >= 0.3 is 41.8 Å². The highest BCUT2D eigenvalue weighted by Gasteiger charge is 2.62. The first-order valence-corrected chi connectivity index (χ1v) is 54.6. The number of ether oxygens (including phenoxy) is 14. The Morgan fingerprint density at radius 3 is 0.873 bits per heavy atom. The third-order valence-corrected chi connectivity index (χ3v) is 35.4. The second-order valence-electron chi connectivity index (χ2n) is 47.0. The number of fused-ring (bicyclic) bond motifs is 2. The van der Waals surface area contributed by atoms with Gasteiger partial charge in [0.2, 0.25) is 6.10 Å². The van der Waals surface area contributed by atoms with Crippen LogP contribution in [0.3, 0.4) is 0 Å². The lowest BCUT2D eigenvalue weighted by atomic mass is 9.49. The molecule has 5 aliphatic heterocycles. The molecule has 22 heteroatoms. The van der Waals surface area contributed by atoms with Gasteiger partial charge in [-0.05, 0) is 360 Å². The first kappa shape index (κ1) is 119. The van der Waals surface area contributed by atoms with E-state index >= 15 is 0 Å². The van der Waals surface area contributed by atoms with Crippen LogP contribution in [0.1, 0.15) is 438 Å². The SMILES string of the molecule is CCC(C)(C)C(=O)O.CCC(C)(C)C(=O)OC1(C2CCCCC2)CCCC1.CCC(C)(C)C(=O)OC1(CC)C2CC3CC(C2)CC1C3.CCC(C)(C)C(=O)OC1(CC)C2CC3CC(C2)CC1C3.CCC(C)(C)C(=O)OC1(CC)CC2CCC1C2.CCC(C)(C)C(=O)OC1CCOC1=O.CCC(C)C1OCCO1.CCC(C)C1OCCO1.CCC(C)C1OCCO1.CCC(C)C1OCCO1. The summed E-state index contributed by atoms with van der Waals surface area (Å²) in [5.41, 5.74) is -2.88. The van der Waals surface area contributed by atoms with Crippen LogP contribution >= 0.6 is 0 Å². The minimum Gasteiger partial charge on any atom is -0.481 e. The van der Waals surface area contributed by atoms with Crippen molar-refractivity contribution < 1.29 is 105 Å². The number of hydrogen-bond donors (Lipinski definition) is 1. The Kier molecular flexibility index (Phi) is 48.2. The smallest absolute Gasteiger partial charge is 0.347 e. The summed E-state index contributed by atoms with van der Waals surface area (Å²) in [4.78, 5) is 82.9. The highest BCUT2D eigenvalue weighted by molar-refractivity contribution is 5.83. The van der Waals surface area contributed by atoms with Gasteiger partial charge in [0.25, 0.3) is 0 Å². The van der Waals surface area contributed by atoms with E-state index in [4.69, 9.17) is 71.4 Å². The second-order valence-corrected chi connectivity index (χ2v) is 47.0. The molecule has 17 fully saturated rings. The van der Waals surface area contributed by atoms with Crippen LogP contribution in [-0.2, 0) is 99.9 Å². The summed E-state index contributed by atoms with van der Waals surface area (Å²) in [6, 6.07) is 0. The fourth-order valence-electron chi connectivity index (χ4n) is 22.4. The van der Waals surface area contributed by atoms with E-state index in [2.05, 4.69) is 104 Å². The molecule has 22 nitrogen and oxygen atoms in total. The van der Waals surface area contributed by atoms with Crippen LogP contribution < -0.4 is 0 Å². The van der Waals surface area contributed by atoms with Crippen molar-refractivity contribution in [1.82, 2.24) is 0 Å². The minimum absolute atomic E-state index is 0.00870. The molecule has 8 unspecified atom stereocenters. The fourth-order valence-corrected chi connectivity index (χ4v) is 22.4. The van der Waals surface area contributed by atoms with Gasteiger partial charge in [-0.15, -0.1) is 0 Å². The maximum Gasteiger partial charge on any atom is 0.347 e. The topological polar surface area (TPSA) is 269 Å². The number of cyclic esters (lactones) is 1. The number of rotatable bonds is 29. The molecular weight excluding hydrogens is 1700 g/mol. The molecule has 5 heterocycles. The molecule has 8 atom stereocenters. The molecule has 12 saturated carbocycles. The third kappa shape index (κ3) is 32.5. The lowest BCUT2D eigenvalue weighted by Crippen LogP contribution is -2.60. The number of carboxylic acids is 1. The minimum atomic E-state index is -0.722. The molecule has 12 aliphatic carbocycles. The van der Waals surface area contributed by atoms with Crippen molar-refractivity contribution >= 4 is 41.8 Å². The molecular formula is C112H200O22. The zero-order valence-electron chi connectivity index (χ0n) is 90.6. The van der Waals surface area contributed by atoms with Gasteiger partial charge in [-0.1, -0.05) is 137 Å².